The number of fused-ring (bicyclic) bond motifs is 1. The first-order valence-electron chi connectivity index (χ1n) is 14.2. The second-order valence-electron chi connectivity index (χ2n) is 11.0. The number of benzene rings is 1. The molecule has 1 fully saturated rings. The molecule has 1 atom stereocenters. The minimum Gasteiger partial charge on any atom is -0.478 e. The van der Waals surface area contributed by atoms with Crippen LogP contribution in [0.4, 0.5) is 23.4 Å². The van der Waals surface area contributed by atoms with E-state index in [1.165, 1.54) is 4.57 Å². The van der Waals surface area contributed by atoms with Gasteiger partial charge in [-0.25, -0.2) is 28.3 Å². The van der Waals surface area contributed by atoms with Crippen LogP contribution in [-0.4, -0.2) is 73.5 Å². The molecule has 5 rings (SSSR count). The lowest BCUT2D eigenvalue weighted by molar-refractivity contribution is -0.192. The maximum atomic E-state index is 15.1. The van der Waals surface area contributed by atoms with Gasteiger partial charge in [-0.15, -0.1) is 0 Å². The van der Waals surface area contributed by atoms with Crippen LogP contribution in [-0.2, 0) is 4.79 Å². The van der Waals surface area contributed by atoms with Crippen molar-refractivity contribution >= 4 is 28.8 Å². The van der Waals surface area contributed by atoms with E-state index in [1.807, 2.05) is 32.6 Å². The smallest absolute Gasteiger partial charge is 0.478 e. The third-order valence-corrected chi connectivity index (χ3v) is 7.38. The van der Waals surface area contributed by atoms with Crippen molar-refractivity contribution < 1.29 is 37.4 Å². The van der Waals surface area contributed by atoms with E-state index in [2.05, 4.69) is 21.4 Å². The molecular weight excluding hydrogens is 626 g/mol. The van der Waals surface area contributed by atoms with Crippen LogP contribution in [0, 0.1) is 24.1 Å². The predicted molar refractivity (Wildman–Crippen MR) is 162 cm³/mol. The fraction of sp³-hybridized carbons (Fsp3) is 0.323. The molecule has 0 saturated carbocycles. The Hall–Kier alpha value is -5.43. The van der Waals surface area contributed by atoms with Crippen molar-refractivity contribution in [2.24, 2.45) is 0 Å². The number of hydrogen-bond acceptors (Lipinski definition) is 9. The van der Waals surface area contributed by atoms with E-state index >= 15 is 4.39 Å². The maximum absolute atomic E-state index is 15.1. The molecule has 0 spiro atoms. The second-order valence-corrected chi connectivity index (χ2v) is 11.0. The number of nitrogens with one attached hydrogen (secondary N) is 1. The van der Waals surface area contributed by atoms with Gasteiger partial charge in [-0.3, -0.25) is 4.98 Å². The van der Waals surface area contributed by atoms with Gasteiger partial charge < -0.3 is 20.4 Å². The lowest BCUT2D eigenvalue weighted by Crippen LogP contribution is -2.50. The summed E-state index contributed by atoms with van der Waals surface area (Å²) in [5.41, 5.74) is 1.16. The van der Waals surface area contributed by atoms with Crippen LogP contribution in [0.1, 0.15) is 53.9 Å². The Morgan fingerprint density at radius 3 is 2.40 bits per heavy atom. The van der Waals surface area contributed by atoms with Gasteiger partial charge in [0.15, 0.2) is 5.65 Å². The topological polar surface area (TPSA) is 174 Å². The third kappa shape index (κ3) is 7.04. The number of anilines is 1. The lowest BCUT2D eigenvalue weighted by Gasteiger charge is -2.35. The summed E-state index contributed by atoms with van der Waals surface area (Å²) >= 11 is 0. The van der Waals surface area contributed by atoms with Crippen LogP contribution >= 0.6 is 0 Å². The van der Waals surface area contributed by atoms with Crippen LogP contribution < -0.4 is 15.9 Å². The Balaban J connectivity index is 0.000000644. The molecule has 12 nitrogen and oxygen atoms in total. The number of carbonyl (C=O) groups is 2. The van der Waals surface area contributed by atoms with E-state index in [0.717, 1.165) is 23.8 Å². The number of carboxylic acid groups (broad SMARTS) is 2. The molecule has 4 aromatic rings. The third-order valence-electron chi connectivity index (χ3n) is 7.38. The molecule has 0 amide bonds. The molecule has 4 heterocycles. The lowest BCUT2D eigenvalue weighted by atomic mass is 10.0. The molecule has 1 aromatic carbocycles. The summed E-state index contributed by atoms with van der Waals surface area (Å²) in [6, 6.07) is 8.74. The summed E-state index contributed by atoms with van der Waals surface area (Å²) in [7, 11) is 0. The van der Waals surface area contributed by atoms with Crippen molar-refractivity contribution in [3.05, 3.63) is 75.2 Å². The molecule has 16 heteroatoms. The molecule has 0 aliphatic carbocycles. The molecule has 0 bridgehead atoms. The number of aromatic carboxylic acids is 1. The van der Waals surface area contributed by atoms with Gasteiger partial charge in [-0.05, 0) is 55.7 Å². The van der Waals surface area contributed by atoms with E-state index in [9.17, 15) is 33.1 Å². The van der Waals surface area contributed by atoms with Crippen LogP contribution in [0.2, 0.25) is 0 Å². The number of aryl methyl sites for hydroxylation is 1. The highest BCUT2D eigenvalue weighted by Gasteiger charge is 2.38. The maximum Gasteiger partial charge on any atom is 0.490 e. The second kappa shape index (κ2) is 13.5. The van der Waals surface area contributed by atoms with Gasteiger partial charge in [0, 0.05) is 37.4 Å². The van der Waals surface area contributed by atoms with Crippen molar-refractivity contribution in [1.82, 2.24) is 24.8 Å². The fourth-order valence-corrected chi connectivity index (χ4v) is 5.12. The SMILES string of the molecule is Cc1ccnc(C(C)C)c1-n1c(=O)nc(N2CCNC[C@@H]2C)c2cc(C#N)c(-c3cc(C(=O)O)ccc3F)nc21.O=C(O)C(F)(F)F. The average Bonchev–Trinajstić information content (AvgIpc) is 3.00. The summed E-state index contributed by atoms with van der Waals surface area (Å²) in [4.78, 5) is 50.2. The highest BCUT2D eigenvalue weighted by atomic mass is 19.4. The van der Waals surface area contributed by atoms with E-state index < -0.39 is 29.6 Å². The number of carboxylic acids is 2. The molecule has 3 aromatic heterocycles. The first-order chi connectivity index (χ1) is 22.1. The van der Waals surface area contributed by atoms with Crippen molar-refractivity contribution in [1.29, 1.82) is 5.26 Å². The van der Waals surface area contributed by atoms with Gasteiger partial charge in [-0.1, -0.05) is 13.8 Å². The van der Waals surface area contributed by atoms with Gasteiger partial charge in [0.2, 0.25) is 0 Å². The Bertz CT molecular complexity index is 1970. The molecule has 1 aliphatic heterocycles. The monoisotopic (exact) mass is 655 g/mol. The van der Waals surface area contributed by atoms with Crippen LogP contribution in [0.3, 0.4) is 0 Å². The molecule has 0 unspecified atom stereocenters. The molecule has 47 heavy (non-hydrogen) atoms. The highest BCUT2D eigenvalue weighted by molar-refractivity contribution is 5.94. The van der Waals surface area contributed by atoms with Crippen LogP contribution in [0.5, 0.6) is 0 Å². The number of aromatic nitrogens is 4. The van der Waals surface area contributed by atoms with Crippen molar-refractivity contribution in [3.63, 3.8) is 0 Å². The number of hydrogen-bond donors (Lipinski definition) is 3. The minimum absolute atomic E-state index is 0.000887. The van der Waals surface area contributed by atoms with Gasteiger partial charge in [-0.2, -0.15) is 23.4 Å². The van der Waals surface area contributed by atoms with Gasteiger partial charge in [0.05, 0.1) is 33.6 Å². The normalized spacial score (nSPS) is 14.8. The highest BCUT2D eigenvalue weighted by Crippen LogP contribution is 2.34. The zero-order valence-electron chi connectivity index (χ0n) is 25.6. The number of nitrogens with zero attached hydrogens (tertiary/aromatic N) is 6. The molecule has 3 N–H and O–H groups in total. The Morgan fingerprint density at radius 1 is 1.15 bits per heavy atom. The largest absolute Gasteiger partial charge is 0.490 e. The van der Waals surface area contributed by atoms with Crippen molar-refractivity contribution in [2.75, 3.05) is 24.5 Å². The number of rotatable bonds is 5. The quantitative estimate of drug-likeness (QED) is 0.260. The summed E-state index contributed by atoms with van der Waals surface area (Å²) in [5, 5.41) is 30.5. The summed E-state index contributed by atoms with van der Waals surface area (Å²) in [6.07, 6.45) is -3.41. The zero-order chi connectivity index (χ0) is 34.8. The van der Waals surface area contributed by atoms with Crippen molar-refractivity contribution in [2.45, 2.75) is 45.8 Å². The average molecular weight is 656 g/mol. The standard InChI is InChI=1S/C29H28FN7O3.C2HF3O2/c1-15(2)23-25(16(3)7-8-33-23)37-27-21(26(35-29(37)40)36-10-9-32-14-17(36)4)12-19(13-31)24(34-27)20-11-18(28(38)39)5-6-22(20)30;3-2(4,5)1(6)7/h5-8,11-12,15,17,32H,9-10,14H2,1-4H3,(H,38,39);(H,6,7)/t17-;/m0./s1. The van der Waals surface area contributed by atoms with E-state index in [4.69, 9.17) is 14.9 Å². The summed E-state index contributed by atoms with van der Waals surface area (Å²) in [6.45, 7) is 9.72. The first-order valence-corrected chi connectivity index (χ1v) is 14.2. The number of halogens is 4. The van der Waals surface area contributed by atoms with E-state index in [0.29, 0.717) is 42.2 Å². The first kappa shape index (κ1) is 34.4. The number of pyridine rings is 2. The van der Waals surface area contributed by atoms with Crippen LogP contribution in [0.25, 0.3) is 28.0 Å². The van der Waals surface area contributed by atoms with E-state index in [1.54, 1.807) is 18.3 Å². The Labute approximate surface area is 264 Å². The summed E-state index contributed by atoms with van der Waals surface area (Å²) < 4.78 is 48.2. The molecule has 1 saturated heterocycles. The Kier molecular flexibility index (Phi) is 9.90. The minimum atomic E-state index is -5.08. The predicted octanol–water partition coefficient (Wildman–Crippen LogP) is 4.41. The van der Waals surface area contributed by atoms with Gasteiger partial charge >= 0.3 is 23.8 Å². The van der Waals surface area contributed by atoms with Gasteiger partial charge in [0.1, 0.15) is 17.7 Å². The molecular formula is C31H29F4N7O5. The number of aliphatic carboxylic acids is 1. The molecule has 246 valence electrons. The number of alkyl halides is 3. The zero-order valence-corrected chi connectivity index (χ0v) is 25.6. The van der Waals surface area contributed by atoms with Crippen molar-refractivity contribution in [3.8, 4) is 23.0 Å². The molecule has 0 radical (unpaired) electrons. The fourth-order valence-electron chi connectivity index (χ4n) is 5.12. The van der Waals surface area contributed by atoms with Crippen LogP contribution in [0.15, 0.2) is 41.3 Å². The van der Waals surface area contributed by atoms with E-state index in [-0.39, 0.29) is 40.0 Å². The number of piperazine rings is 1. The Morgan fingerprint density at radius 2 is 1.83 bits per heavy atom. The van der Waals surface area contributed by atoms with Gasteiger partial charge in [0.25, 0.3) is 0 Å². The summed E-state index contributed by atoms with van der Waals surface area (Å²) in [5.74, 6) is -4.41. The number of nitriles is 1. The molecule has 1 aliphatic rings.